The Morgan fingerprint density at radius 3 is 2.64 bits per heavy atom. The molecule has 1 aromatic heterocycles. The molecule has 1 fully saturated rings. The Balaban J connectivity index is 1.93. The van der Waals surface area contributed by atoms with Gasteiger partial charge in [-0.25, -0.2) is 14.6 Å². The van der Waals surface area contributed by atoms with Crippen molar-refractivity contribution in [2.75, 3.05) is 11.9 Å². The average Bonchev–Trinajstić information content (AvgIpc) is 2.97. The number of hydrogen-bond donors (Lipinski definition) is 2. The fourth-order valence-corrected chi connectivity index (χ4v) is 2.62. The summed E-state index contributed by atoms with van der Waals surface area (Å²) in [5.74, 6) is -0.536. The molecule has 0 aromatic carbocycles. The molecule has 1 aliphatic heterocycles. The minimum atomic E-state index is -0.719. The van der Waals surface area contributed by atoms with Crippen molar-refractivity contribution in [3.05, 3.63) is 22.9 Å². The van der Waals surface area contributed by atoms with Gasteiger partial charge in [-0.3, -0.25) is 15.0 Å². The number of amides is 4. The van der Waals surface area contributed by atoms with Crippen LogP contribution in [0, 0.1) is 0 Å². The van der Waals surface area contributed by atoms with Crippen molar-refractivity contribution >= 4 is 39.6 Å². The van der Waals surface area contributed by atoms with Crippen LogP contribution in [0.1, 0.15) is 33.6 Å². The summed E-state index contributed by atoms with van der Waals surface area (Å²) in [4.78, 5) is 41.8. The first kappa shape index (κ1) is 19.2. The third kappa shape index (κ3) is 5.70. The molecule has 136 valence electrons. The van der Waals surface area contributed by atoms with Gasteiger partial charge in [0.05, 0.1) is 11.9 Å². The molecule has 2 heterocycles. The molecule has 0 aliphatic carbocycles. The number of rotatable bonds is 2. The van der Waals surface area contributed by atoms with Crippen molar-refractivity contribution < 1.29 is 19.1 Å². The average molecular weight is 413 g/mol. The number of imide groups is 1. The maximum atomic E-state index is 12.3. The van der Waals surface area contributed by atoms with Crippen LogP contribution in [0.3, 0.4) is 0 Å². The first-order valence-corrected chi connectivity index (χ1v) is 8.68. The maximum absolute atomic E-state index is 12.3. The molecular weight excluding hydrogens is 392 g/mol. The fraction of sp³-hybridized carbons (Fsp3) is 0.500. The monoisotopic (exact) mass is 412 g/mol. The van der Waals surface area contributed by atoms with Crippen LogP contribution in [0.4, 0.5) is 15.3 Å². The molecule has 1 aliphatic rings. The molecule has 1 atom stereocenters. The molecule has 1 aromatic rings. The summed E-state index contributed by atoms with van der Waals surface area (Å²) in [7, 11) is 0. The van der Waals surface area contributed by atoms with E-state index >= 15 is 0 Å². The quantitative estimate of drug-likeness (QED) is 0.727. The van der Waals surface area contributed by atoms with E-state index in [0.717, 1.165) is 0 Å². The second-order valence-corrected chi connectivity index (χ2v) is 7.46. The summed E-state index contributed by atoms with van der Waals surface area (Å²) in [5, 5.41) is 4.77. The number of pyridine rings is 1. The zero-order valence-corrected chi connectivity index (χ0v) is 15.9. The lowest BCUT2D eigenvalue weighted by Gasteiger charge is -2.27. The van der Waals surface area contributed by atoms with Gasteiger partial charge in [-0.15, -0.1) is 0 Å². The number of hydrogen-bond acceptors (Lipinski definition) is 5. The van der Waals surface area contributed by atoms with E-state index in [1.165, 1.54) is 11.1 Å². The van der Waals surface area contributed by atoms with E-state index in [9.17, 15) is 14.4 Å². The van der Waals surface area contributed by atoms with E-state index in [2.05, 4.69) is 31.5 Å². The molecule has 1 unspecified atom stereocenters. The zero-order valence-electron chi connectivity index (χ0n) is 14.3. The number of nitrogens with one attached hydrogen (secondary N) is 2. The zero-order chi connectivity index (χ0) is 18.6. The number of likely N-dealkylation sites (tertiary alicyclic amines) is 1. The van der Waals surface area contributed by atoms with Crippen LogP contribution in [-0.4, -0.2) is 46.1 Å². The van der Waals surface area contributed by atoms with Gasteiger partial charge in [-0.1, -0.05) is 0 Å². The third-order valence-electron chi connectivity index (χ3n) is 3.41. The molecule has 0 saturated carbocycles. The predicted molar refractivity (Wildman–Crippen MR) is 95.1 cm³/mol. The molecule has 2 N–H and O–H groups in total. The van der Waals surface area contributed by atoms with Crippen molar-refractivity contribution in [2.24, 2.45) is 0 Å². The van der Waals surface area contributed by atoms with Gasteiger partial charge in [0.1, 0.15) is 16.2 Å². The summed E-state index contributed by atoms with van der Waals surface area (Å²) < 4.78 is 5.94. The van der Waals surface area contributed by atoms with Crippen molar-refractivity contribution in [3.63, 3.8) is 0 Å². The Hall–Kier alpha value is -2.16. The van der Waals surface area contributed by atoms with Gasteiger partial charge in [-0.05, 0) is 61.7 Å². The maximum Gasteiger partial charge on any atom is 0.410 e. The topological polar surface area (TPSA) is 101 Å². The molecule has 0 spiro atoms. The summed E-state index contributed by atoms with van der Waals surface area (Å²) >= 11 is 3.19. The number of ether oxygens (including phenoxy) is 1. The summed E-state index contributed by atoms with van der Waals surface area (Å²) in [6.45, 7) is 5.70. The van der Waals surface area contributed by atoms with Crippen LogP contribution in [0.25, 0.3) is 0 Å². The van der Waals surface area contributed by atoms with Gasteiger partial charge in [0.15, 0.2) is 0 Å². The Kier molecular flexibility index (Phi) is 5.99. The minimum absolute atomic E-state index is 0.422. The number of aromatic nitrogens is 1. The normalized spacial score (nSPS) is 17.1. The highest BCUT2D eigenvalue weighted by Gasteiger charge is 2.37. The molecule has 1 saturated heterocycles. The molecule has 0 radical (unpaired) electrons. The lowest BCUT2D eigenvalue weighted by Crippen LogP contribution is -2.49. The Bertz CT molecular complexity index is 657. The van der Waals surface area contributed by atoms with Crippen molar-refractivity contribution in [1.29, 1.82) is 0 Å². The lowest BCUT2D eigenvalue weighted by molar-refractivity contribution is -0.124. The first-order chi connectivity index (χ1) is 11.7. The van der Waals surface area contributed by atoms with Gasteiger partial charge in [-0.2, -0.15) is 0 Å². The van der Waals surface area contributed by atoms with Gasteiger partial charge in [0.2, 0.25) is 0 Å². The summed E-state index contributed by atoms with van der Waals surface area (Å²) in [6, 6.07) is 1.91. The minimum Gasteiger partial charge on any atom is -0.444 e. The molecular formula is C16H21BrN4O4. The second kappa shape index (κ2) is 7.81. The number of urea groups is 1. The number of anilines is 1. The smallest absolute Gasteiger partial charge is 0.410 e. The van der Waals surface area contributed by atoms with E-state index in [1.807, 2.05) is 0 Å². The fourth-order valence-electron chi connectivity index (χ4n) is 2.39. The SMILES string of the molecule is CC(C)(C)OC(=O)N1CCCC1C(=O)NC(=O)Nc1ccc(Br)nc1. The van der Waals surface area contributed by atoms with Crippen LogP contribution in [0.5, 0.6) is 0 Å². The Morgan fingerprint density at radius 2 is 2.04 bits per heavy atom. The summed E-state index contributed by atoms with van der Waals surface area (Å²) in [6.07, 6.45) is 2.06. The van der Waals surface area contributed by atoms with Gasteiger partial charge in [0, 0.05) is 6.54 Å². The highest BCUT2D eigenvalue weighted by molar-refractivity contribution is 9.10. The van der Waals surface area contributed by atoms with Crippen LogP contribution in [0.2, 0.25) is 0 Å². The van der Waals surface area contributed by atoms with E-state index < -0.39 is 29.7 Å². The molecule has 9 heteroatoms. The molecule has 8 nitrogen and oxygen atoms in total. The van der Waals surface area contributed by atoms with E-state index in [4.69, 9.17) is 4.74 Å². The number of carbonyl (C=O) groups excluding carboxylic acids is 3. The van der Waals surface area contributed by atoms with Gasteiger partial charge in [0.25, 0.3) is 5.91 Å². The Labute approximate surface area is 154 Å². The first-order valence-electron chi connectivity index (χ1n) is 7.89. The predicted octanol–water partition coefficient (Wildman–Crippen LogP) is 2.89. The largest absolute Gasteiger partial charge is 0.444 e. The molecule has 25 heavy (non-hydrogen) atoms. The summed E-state index contributed by atoms with van der Waals surface area (Å²) in [5.41, 5.74) is -0.198. The molecule has 0 bridgehead atoms. The van der Waals surface area contributed by atoms with E-state index in [0.29, 0.717) is 29.7 Å². The van der Waals surface area contributed by atoms with Crippen LogP contribution < -0.4 is 10.6 Å². The highest BCUT2D eigenvalue weighted by atomic mass is 79.9. The van der Waals surface area contributed by atoms with Crippen molar-refractivity contribution in [3.8, 4) is 0 Å². The van der Waals surface area contributed by atoms with E-state index in [1.54, 1.807) is 32.9 Å². The standard InChI is InChI=1S/C16H21BrN4O4/c1-16(2,3)25-15(24)21-8-4-5-11(21)13(22)20-14(23)19-10-6-7-12(17)18-9-10/h6-7,9,11H,4-5,8H2,1-3H3,(H2,19,20,22,23). The highest BCUT2D eigenvalue weighted by Crippen LogP contribution is 2.21. The third-order valence-corrected chi connectivity index (χ3v) is 3.87. The number of carbonyl (C=O) groups is 3. The molecule has 2 rings (SSSR count). The number of halogens is 1. The van der Waals surface area contributed by atoms with Crippen molar-refractivity contribution in [1.82, 2.24) is 15.2 Å². The molecule has 4 amide bonds. The lowest BCUT2D eigenvalue weighted by atomic mass is 10.2. The number of nitrogens with zero attached hydrogens (tertiary/aromatic N) is 2. The van der Waals surface area contributed by atoms with Gasteiger partial charge < -0.3 is 10.1 Å². The van der Waals surface area contributed by atoms with Crippen LogP contribution >= 0.6 is 15.9 Å². The van der Waals surface area contributed by atoms with Crippen LogP contribution in [-0.2, 0) is 9.53 Å². The second-order valence-electron chi connectivity index (χ2n) is 6.64. The van der Waals surface area contributed by atoms with Crippen molar-refractivity contribution in [2.45, 2.75) is 45.3 Å². The van der Waals surface area contributed by atoms with Crippen LogP contribution in [0.15, 0.2) is 22.9 Å². The van der Waals surface area contributed by atoms with Gasteiger partial charge >= 0.3 is 12.1 Å². The Morgan fingerprint density at radius 1 is 1.32 bits per heavy atom. The van der Waals surface area contributed by atoms with E-state index in [-0.39, 0.29) is 0 Å².